The van der Waals surface area contributed by atoms with Gasteiger partial charge in [-0.2, -0.15) is 0 Å². The zero-order valence-electron chi connectivity index (χ0n) is 11.5. The summed E-state index contributed by atoms with van der Waals surface area (Å²) < 4.78 is 5.69. The Labute approximate surface area is 118 Å². The maximum atomic E-state index is 12.2. The molecule has 4 rings (SSSR count). The van der Waals surface area contributed by atoms with Gasteiger partial charge < -0.3 is 9.64 Å². The first-order chi connectivity index (χ1) is 9.77. The molecule has 0 N–H and O–H groups in total. The topological polar surface area (TPSA) is 29.5 Å². The van der Waals surface area contributed by atoms with E-state index in [0.717, 1.165) is 6.42 Å². The third-order valence-corrected chi connectivity index (χ3v) is 4.60. The molecule has 0 unspecified atom stereocenters. The average Bonchev–Trinajstić information content (AvgIpc) is 2.90. The van der Waals surface area contributed by atoms with Crippen LogP contribution in [0.25, 0.3) is 10.8 Å². The number of rotatable bonds is 2. The van der Waals surface area contributed by atoms with Crippen LogP contribution in [0.1, 0.15) is 24.9 Å². The van der Waals surface area contributed by atoms with Crippen molar-refractivity contribution in [2.75, 3.05) is 6.61 Å². The Hall–Kier alpha value is -1.87. The van der Waals surface area contributed by atoms with Crippen LogP contribution < -0.4 is 0 Å². The Morgan fingerprint density at radius 1 is 1.20 bits per heavy atom. The monoisotopic (exact) mass is 267 g/mol. The number of fused-ring (bicyclic) bond motifs is 2. The molecule has 3 atom stereocenters. The summed E-state index contributed by atoms with van der Waals surface area (Å²) in [6, 6.07) is 14.7. The summed E-state index contributed by atoms with van der Waals surface area (Å²) in [5.74, 6) is 0.348. The van der Waals surface area contributed by atoms with E-state index < -0.39 is 0 Å². The van der Waals surface area contributed by atoms with Gasteiger partial charge in [0.05, 0.1) is 18.6 Å². The van der Waals surface area contributed by atoms with E-state index in [1.54, 1.807) is 0 Å². The van der Waals surface area contributed by atoms with Crippen LogP contribution in [0.2, 0.25) is 0 Å². The van der Waals surface area contributed by atoms with E-state index in [1.807, 2.05) is 17.0 Å². The Balaban J connectivity index is 1.74. The molecule has 2 fully saturated rings. The molecule has 1 amide bonds. The molecule has 0 saturated carbocycles. The zero-order chi connectivity index (χ0) is 13.7. The van der Waals surface area contributed by atoms with Crippen molar-refractivity contribution in [3.63, 3.8) is 0 Å². The van der Waals surface area contributed by atoms with Gasteiger partial charge in [0.1, 0.15) is 6.23 Å². The van der Waals surface area contributed by atoms with Gasteiger partial charge >= 0.3 is 0 Å². The van der Waals surface area contributed by atoms with Crippen molar-refractivity contribution in [1.82, 2.24) is 4.90 Å². The van der Waals surface area contributed by atoms with Crippen LogP contribution in [-0.4, -0.2) is 23.6 Å². The van der Waals surface area contributed by atoms with Crippen LogP contribution in [0.15, 0.2) is 42.5 Å². The molecule has 2 aliphatic rings. The molecule has 20 heavy (non-hydrogen) atoms. The number of β-lactam (4-membered cyclic amide) rings is 1. The standard InChI is InChI=1S/C17H17NO2/c1-11(18-16(19)15-9-10-20-17(15)18)13-8-4-6-12-5-2-3-7-14(12)13/h2-8,11,15,17H,9-10H2,1H3/t11-,15+,17+/m0/s1. The van der Waals surface area contributed by atoms with E-state index in [2.05, 4.69) is 37.3 Å². The van der Waals surface area contributed by atoms with Gasteiger partial charge in [0.2, 0.25) is 5.91 Å². The molecule has 3 nitrogen and oxygen atoms in total. The minimum absolute atomic E-state index is 0.00327. The lowest BCUT2D eigenvalue weighted by Gasteiger charge is -2.46. The second-order valence-electron chi connectivity index (χ2n) is 5.65. The van der Waals surface area contributed by atoms with Crippen molar-refractivity contribution in [3.05, 3.63) is 48.0 Å². The van der Waals surface area contributed by atoms with Crippen molar-refractivity contribution < 1.29 is 9.53 Å². The number of hydrogen-bond acceptors (Lipinski definition) is 2. The van der Waals surface area contributed by atoms with Crippen LogP contribution in [0.4, 0.5) is 0 Å². The van der Waals surface area contributed by atoms with Gasteiger partial charge in [0.15, 0.2) is 0 Å². The summed E-state index contributed by atoms with van der Waals surface area (Å²) in [5.41, 5.74) is 1.20. The van der Waals surface area contributed by atoms with Crippen molar-refractivity contribution in [1.29, 1.82) is 0 Å². The smallest absolute Gasteiger partial charge is 0.232 e. The number of hydrogen-bond donors (Lipinski definition) is 0. The lowest BCUT2D eigenvalue weighted by molar-refractivity contribution is -0.181. The highest BCUT2D eigenvalue weighted by Gasteiger charge is 2.53. The van der Waals surface area contributed by atoms with Crippen LogP contribution in [-0.2, 0) is 9.53 Å². The van der Waals surface area contributed by atoms with Crippen molar-refractivity contribution in [3.8, 4) is 0 Å². The first kappa shape index (κ1) is 11.9. The second kappa shape index (κ2) is 4.32. The van der Waals surface area contributed by atoms with Crippen LogP contribution >= 0.6 is 0 Å². The molecular weight excluding hydrogens is 250 g/mol. The minimum Gasteiger partial charge on any atom is -0.357 e. The molecule has 2 aromatic rings. The number of nitrogens with zero attached hydrogens (tertiary/aromatic N) is 1. The molecule has 0 aromatic heterocycles. The van der Waals surface area contributed by atoms with Gasteiger partial charge in [-0.1, -0.05) is 42.5 Å². The molecule has 0 radical (unpaired) electrons. The van der Waals surface area contributed by atoms with Gasteiger partial charge in [0, 0.05) is 0 Å². The molecule has 3 heteroatoms. The van der Waals surface area contributed by atoms with Crippen LogP contribution in [0, 0.1) is 5.92 Å². The van der Waals surface area contributed by atoms with Crippen molar-refractivity contribution >= 4 is 16.7 Å². The highest BCUT2D eigenvalue weighted by Crippen LogP contribution is 2.42. The Kier molecular flexibility index (Phi) is 2.57. The first-order valence-electron chi connectivity index (χ1n) is 7.19. The Bertz CT molecular complexity index is 676. The summed E-state index contributed by atoms with van der Waals surface area (Å²) in [7, 11) is 0. The first-order valence-corrected chi connectivity index (χ1v) is 7.19. The highest BCUT2D eigenvalue weighted by molar-refractivity contribution is 5.89. The third-order valence-electron chi connectivity index (χ3n) is 4.60. The lowest BCUT2D eigenvalue weighted by Crippen LogP contribution is -2.59. The zero-order valence-corrected chi connectivity index (χ0v) is 11.5. The fraction of sp³-hybridized carbons (Fsp3) is 0.353. The predicted octanol–water partition coefficient (Wildman–Crippen LogP) is 3.11. The second-order valence-corrected chi connectivity index (χ2v) is 5.65. The molecule has 0 aliphatic carbocycles. The SMILES string of the molecule is C[C@@H](c1cccc2ccccc12)N1C(=O)[C@H]2CCO[C@H]21. The molecule has 2 aromatic carbocycles. The number of carbonyl (C=O) groups excluding carboxylic acids is 1. The summed E-state index contributed by atoms with van der Waals surface area (Å²) in [6.07, 6.45) is 0.874. The maximum absolute atomic E-state index is 12.2. The molecule has 2 aliphatic heterocycles. The van der Waals surface area contributed by atoms with E-state index in [-0.39, 0.29) is 24.1 Å². The Morgan fingerprint density at radius 2 is 2.00 bits per heavy atom. The number of likely N-dealkylation sites (tertiary alicyclic amines) is 1. The molecule has 102 valence electrons. The molecule has 0 spiro atoms. The summed E-state index contributed by atoms with van der Waals surface area (Å²) in [5, 5.41) is 2.44. The largest absolute Gasteiger partial charge is 0.357 e. The molecule has 2 heterocycles. The normalized spacial score (nSPS) is 26.4. The fourth-order valence-electron chi connectivity index (χ4n) is 3.50. The molecule has 0 bridgehead atoms. The van der Waals surface area contributed by atoms with Gasteiger partial charge in [-0.3, -0.25) is 4.79 Å². The predicted molar refractivity (Wildman–Crippen MR) is 77.1 cm³/mol. The number of amides is 1. The number of benzene rings is 2. The van der Waals surface area contributed by atoms with Gasteiger partial charge in [-0.05, 0) is 29.7 Å². The Morgan fingerprint density at radius 3 is 2.90 bits per heavy atom. The van der Waals surface area contributed by atoms with E-state index in [1.165, 1.54) is 16.3 Å². The highest BCUT2D eigenvalue weighted by atomic mass is 16.5. The van der Waals surface area contributed by atoms with Gasteiger partial charge in [-0.15, -0.1) is 0 Å². The minimum atomic E-state index is -0.00327. The van der Waals surface area contributed by atoms with E-state index in [4.69, 9.17) is 4.74 Å². The van der Waals surface area contributed by atoms with Crippen molar-refractivity contribution in [2.24, 2.45) is 5.92 Å². The number of ether oxygens (including phenoxy) is 1. The van der Waals surface area contributed by atoms with E-state index in [0.29, 0.717) is 6.61 Å². The summed E-state index contributed by atoms with van der Waals surface area (Å²) >= 11 is 0. The van der Waals surface area contributed by atoms with Crippen molar-refractivity contribution in [2.45, 2.75) is 25.6 Å². The lowest BCUT2D eigenvalue weighted by atomic mass is 9.89. The average molecular weight is 267 g/mol. The molecular formula is C17H17NO2. The number of carbonyl (C=O) groups is 1. The fourth-order valence-corrected chi connectivity index (χ4v) is 3.50. The quantitative estimate of drug-likeness (QED) is 0.782. The molecule has 2 saturated heterocycles. The summed E-state index contributed by atoms with van der Waals surface area (Å²) in [4.78, 5) is 14.1. The maximum Gasteiger partial charge on any atom is 0.232 e. The van der Waals surface area contributed by atoms with E-state index >= 15 is 0 Å². The van der Waals surface area contributed by atoms with Gasteiger partial charge in [-0.25, -0.2) is 0 Å². The van der Waals surface area contributed by atoms with Crippen LogP contribution in [0.5, 0.6) is 0 Å². The van der Waals surface area contributed by atoms with Crippen LogP contribution in [0.3, 0.4) is 0 Å². The van der Waals surface area contributed by atoms with E-state index in [9.17, 15) is 4.79 Å². The third kappa shape index (κ3) is 1.53. The van der Waals surface area contributed by atoms with Gasteiger partial charge in [0.25, 0.3) is 0 Å². The summed E-state index contributed by atoms with van der Waals surface area (Å²) in [6.45, 7) is 2.80.